The lowest BCUT2D eigenvalue weighted by molar-refractivity contribution is -0.121. The lowest BCUT2D eigenvalue weighted by atomic mass is 10.1. The van der Waals surface area contributed by atoms with E-state index >= 15 is 0 Å². The summed E-state index contributed by atoms with van der Waals surface area (Å²) in [6.07, 6.45) is 5.48. The Morgan fingerprint density at radius 1 is 1.21 bits per heavy atom. The van der Waals surface area contributed by atoms with Gasteiger partial charge in [0.05, 0.1) is 12.5 Å². The first-order valence-corrected chi connectivity index (χ1v) is 6.58. The van der Waals surface area contributed by atoms with Crippen molar-refractivity contribution in [3.63, 3.8) is 0 Å². The second-order valence-electron chi connectivity index (χ2n) is 4.79. The molecule has 1 N–H and O–H groups in total. The number of rotatable bonds is 6. The third-order valence-corrected chi connectivity index (χ3v) is 3.01. The number of carbonyl (C=O) groups is 1. The minimum atomic E-state index is 0.0971. The van der Waals surface area contributed by atoms with Crippen molar-refractivity contribution < 1.29 is 9.21 Å². The molecule has 1 atom stereocenters. The van der Waals surface area contributed by atoms with Crippen LogP contribution in [0.5, 0.6) is 0 Å². The number of hydrogen-bond donors (Lipinski definition) is 1. The Morgan fingerprint density at radius 2 is 2.00 bits per heavy atom. The molecule has 19 heavy (non-hydrogen) atoms. The molecule has 100 valence electrons. The molecule has 0 aliphatic rings. The molecule has 1 amide bonds. The van der Waals surface area contributed by atoms with Crippen LogP contribution in [0.4, 0.5) is 0 Å². The van der Waals surface area contributed by atoms with Gasteiger partial charge < -0.3 is 9.73 Å². The van der Waals surface area contributed by atoms with Gasteiger partial charge in [-0.05, 0) is 37.0 Å². The first-order valence-electron chi connectivity index (χ1n) is 6.58. The number of nitrogens with one attached hydrogen (secondary N) is 1. The van der Waals surface area contributed by atoms with Crippen LogP contribution >= 0.6 is 0 Å². The summed E-state index contributed by atoms with van der Waals surface area (Å²) in [4.78, 5) is 11.8. The first kappa shape index (κ1) is 13.4. The average molecular weight is 257 g/mol. The summed E-state index contributed by atoms with van der Waals surface area (Å²) in [6, 6.07) is 12.1. The predicted molar refractivity (Wildman–Crippen MR) is 74.8 cm³/mol. The molecular formula is C16H19NO2. The molecule has 1 unspecified atom stereocenters. The summed E-state index contributed by atoms with van der Waals surface area (Å²) >= 11 is 0. The predicted octanol–water partition coefficient (Wildman–Crippen LogP) is 2.96. The van der Waals surface area contributed by atoms with Gasteiger partial charge in [0.25, 0.3) is 0 Å². The first-order chi connectivity index (χ1) is 9.24. The molecule has 0 saturated heterocycles. The minimum Gasteiger partial charge on any atom is -0.472 e. The molecule has 0 bridgehead atoms. The average Bonchev–Trinajstić information content (AvgIpc) is 2.90. The standard InChI is InChI=1S/C16H19NO2/c1-13(11-15-9-10-19-12-15)17-16(18)8-7-14-5-3-2-4-6-14/h2-6,9-10,12-13H,7-8,11H2,1H3,(H,17,18). The summed E-state index contributed by atoms with van der Waals surface area (Å²) in [6.45, 7) is 2.01. The lowest BCUT2D eigenvalue weighted by Gasteiger charge is -2.12. The Kier molecular flexibility index (Phi) is 4.78. The van der Waals surface area contributed by atoms with Crippen LogP contribution < -0.4 is 5.32 Å². The van der Waals surface area contributed by atoms with Gasteiger partial charge in [-0.2, -0.15) is 0 Å². The highest BCUT2D eigenvalue weighted by atomic mass is 16.3. The number of benzene rings is 1. The number of hydrogen-bond acceptors (Lipinski definition) is 2. The zero-order chi connectivity index (χ0) is 13.5. The quantitative estimate of drug-likeness (QED) is 0.864. The van der Waals surface area contributed by atoms with Gasteiger partial charge in [0, 0.05) is 12.5 Å². The molecule has 1 heterocycles. The van der Waals surface area contributed by atoms with Gasteiger partial charge in [-0.3, -0.25) is 4.79 Å². The van der Waals surface area contributed by atoms with Crippen molar-refractivity contribution in [3.8, 4) is 0 Å². The Bertz CT molecular complexity index is 491. The Morgan fingerprint density at radius 3 is 2.68 bits per heavy atom. The summed E-state index contributed by atoms with van der Waals surface area (Å²) in [5, 5.41) is 3.01. The van der Waals surface area contributed by atoms with Crippen LogP contribution in [0.2, 0.25) is 0 Å². The van der Waals surface area contributed by atoms with Gasteiger partial charge in [0.1, 0.15) is 0 Å². The third-order valence-electron chi connectivity index (χ3n) is 3.01. The molecule has 1 aromatic heterocycles. The van der Waals surface area contributed by atoms with E-state index in [1.54, 1.807) is 12.5 Å². The van der Waals surface area contributed by atoms with Crippen LogP contribution in [0, 0.1) is 0 Å². The summed E-state index contributed by atoms with van der Waals surface area (Å²) in [7, 11) is 0. The Hall–Kier alpha value is -2.03. The Balaban J connectivity index is 1.72. The van der Waals surface area contributed by atoms with Gasteiger partial charge >= 0.3 is 0 Å². The van der Waals surface area contributed by atoms with Crippen molar-refractivity contribution in [1.29, 1.82) is 0 Å². The van der Waals surface area contributed by atoms with Crippen molar-refractivity contribution >= 4 is 5.91 Å². The largest absolute Gasteiger partial charge is 0.472 e. The maximum atomic E-state index is 11.8. The molecule has 0 aliphatic heterocycles. The number of aryl methyl sites for hydroxylation is 1. The maximum absolute atomic E-state index is 11.8. The van der Waals surface area contributed by atoms with Crippen LogP contribution in [0.1, 0.15) is 24.5 Å². The molecule has 0 fully saturated rings. The fourth-order valence-electron chi connectivity index (χ4n) is 2.06. The SMILES string of the molecule is CC(Cc1ccoc1)NC(=O)CCc1ccccc1. The van der Waals surface area contributed by atoms with Gasteiger partial charge in [0.15, 0.2) is 0 Å². The van der Waals surface area contributed by atoms with E-state index in [0.29, 0.717) is 6.42 Å². The second kappa shape index (κ2) is 6.78. The van der Waals surface area contributed by atoms with Crippen LogP contribution in [-0.4, -0.2) is 11.9 Å². The van der Waals surface area contributed by atoms with E-state index in [2.05, 4.69) is 5.32 Å². The fourth-order valence-corrected chi connectivity index (χ4v) is 2.06. The third kappa shape index (κ3) is 4.62. The molecular weight excluding hydrogens is 238 g/mol. The van der Waals surface area contributed by atoms with Crippen molar-refractivity contribution in [2.45, 2.75) is 32.2 Å². The fraction of sp³-hybridized carbons (Fsp3) is 0.312. The Labute approximate surface area is 113 Å². The van der Waals surface area contributed by atoms with E-state index in [4.69, 9.17) is 4.42 Å². The number of furan rings is 1. The van der Waals surface area contributed by atoms with Crippen LogP contribution in [0.15, 0.2) is 53.3 Å². The molecule has 3 heteroatoms. The molecule has 0 aliphatic carbocycles. The van der Waals surface area contributed by atoms with Crippen molar-refractivity contribution in [2.75, 3.05) is 0 Å². The van der Waals surface area contributed by atoms with Gasteiger partial charge in [-0.1, -0.05) is 30.3 Å². The van der Waals surface area contributed by atoms with E-state index in [1.807, 2.05) is 43.3 Å². The van der Waals surface area contributed by atoms with E-state index in [0.717, 1.165) is 18.4 Å². The van der Waals surface area contributed by atoms with Gasteiger partial charge in [0.2, 0.25) is 5.91 Å². The number of carbonyl (C=O) groups excluding carboxylic acids is 1. The van der Waals surface area contributed by atoms with E-state index < -0.39 is 0 Å². The highest BCUT2D eigenvalue weighted by molar-refractivity contribution is 5.76. The zero-order valence-electron chi connectivity index (χ0n) is 11.1. The topological polar surface area (TPSA) is 42.2 Å². The van der Waals surface area contributed by atoms with Crippen molar-refractivity contribution in [3.05, 3.63) is 60.1 Å². The minimum absolute atomic E-state index is 0.0971. The van der Waals surface area contributed by atoms with Crippen molar-refractivity contribution in [2.24, 2.45) is 0 Å². The summed E-state index contributed by atoms with van der Waals surface area (Å²) in [5.41, 5.74) is 2.30. The molecule has 2 rings (SSSR count). The zero-order valence-corrected chi connectivity index (χ0v) is 11.1. The highest BCUT2D eigenvalue weighted by Crippen LogP contribution is 2.05. The smallest absolute Gasteiger partial charge is 0.220 e. The van der Waals surface area contributed by atoms with E-state index in [-0.39, 0.29) is 11.9 Å². The summed E-state index contributed by atoms with van der Waals surface area (Å²) in [5.74, 6) is 0.0971. The van der Waals surface area contributed by atoms with E-state index in [9.17, 15) is 4.79 Å². The molecule has 0 spiro atoms. The van der Waals surface area contributed by atoms with Crippen LogP contribution in [0.3, 0.4) is 0 Å². The molecule has 2 aromatic rings. The van der Waals surface area contributed by atoms with Gasteiger partial charge in [-0.25, -0.2) is 0 Å². The summed E-state index contributed by atoms with van der Waals surface area (Å²) < 4.78 is 5.01. The highest BCUT2D eigenvalue weighted by Gasteiger charge is 2.08. The van der Waals surface area contributed by atoms with E-state index in [1.165, 1.54) is 5.56 Å². The molecule has 0 radical (unpaired) electrons. The lowest BCUT2D eigenvalue weighted by Crippen LogP contribution is -2.34. The normalized spacial score (nSPS) is 12.1. The van der Waals surface area contributed by atoms with Crippen LogP contribution in [-0.2, 0) is 17.6 Å². The van der Waals surface area contributed by atoms with Gasteiger partial charge in [-0.15, -0.1) is 0 Å². The second-order valence-corrected chi connectivity index (χ2v) is 4.79. The van der Waals surface area contributed by atoms with Crippen LogP contribution in [0.25, 0.3) is 0 Å². The number of amides is 1. The maximum Gasteiger partial charge on any atom is 0.220 e. The molecule has 1 aromatic carbocycles. The molecule has 0 saturated carbocycles. The molecule has 3 nitrogen and oxygen atoms in total. The van der Waals surface area contributed by atoms with Crippen molar-refractivity contribution in [1.82, 2.24) is 5.32 Å². The monoisotopic (exact) mass is 257 g/mol.